The Morgan fingerprint density at radius 3 is 2.10 bits per heavy atom. The number of ketones is 1. The van der Waals surface area contributed by atoms with Gasteiger partial charge in [-0.25, -0.2) is 4.79 Å². The lowest BCUT2D eigenvalue weighted by Gasteiger charge is -2.35. The van der Waals surface area contributed by atoms with Crippen LogP contribution in [0.25, 0.3) is 0 Å². The van der Waals surface area contributed by atoms with Crippen LogP contribution in [0.2, 0.25) is 0 Å². The predicted octanol–water partition coefficient (Wildman–Crippen LogP) is 3.52. The van der Waals surface area contributed by atoms with Crippen molar-refractivity contribution in [2.75, 3.05) is 42.9 Å². The summed E-state index contributed by atoms with van der Waals surface area (Å²) in [5.74, 6) is 0.141. The van der Waals surface area contributed by atoms with Crippen LogP contribution in [0.15, 0.2) is 48.5 Å². The topological polar surface area (TPSA) is 78.7 Å². The Hall–Kier alpha value is -3.07. The number of carbonyl (C=O) groups excluding carboxylic acids is 2. The van der Waals surface area contributed by atoms with Crippen LogP contribution < -0.4 is 16.0 Å². The lowest BCUT2D eigenvalue weighted by molar-refractivity contribution is -0.137. The van der Waals surface area contributed by atoms with Crippen LogP contribution in [-0.2, 0) is 17.4 Å². The SMILES string of the molecule is NC(=O)Nc1ccc(CCC(=O)CN2CCN(c3ccc(C(F)(F)F)cc3)CC2)cc1. The van der Waals surface area contributed by atoms with Gasteiger partial charge in [0.2, 0.25) is 0 Å². The minimum atomic E-state index is -4.33. The summed E-state index contributed by atoms with van der Waals surface area (Å²) in [6.45, 7) is 3.04. The molecule has 1 aliphatic rings. The molecule has 6 nitrogen and oxygen atoms in total. The Balaban J connectivity index is 1.41. The van der Waals surface area contributed by atoms with E-state index in [-0.39, 0.29) is 5.78 Å². The number of nitrogens with two attached hydrogens (primary N) is 1. The zero-order valence-electron chi connectivity index (χ0n) is 17.0. The average Bonchev–Trinajstić information content (AvgIpc) is 2.73. The first-order valence-corrected chi connectivity index (χ1v) is 10.0. The number of Topliss-reactive ketones (excluding diaryl/α,β-unsaturated/α-hetero) is 1. The Bertz CT molecular complexity index is 890. The molecule has 0 spiro atoms. The van der Waals surface area contributed by atoms with Gasteiger partial charge >= 0.3 is 12.2 Å². The van der Waals surface area contributed by atoms with Crippen molar-refractivity contribution in [2.45, 2.75) is 19.0 Å². The van der Waals surface area contributed by atoms with E-state index in [1.54, 1.807) is 12.1 Å². The number of halogens is 3. The van der Waals surface area contributed by atoms with Crippen molar-refractivity contribution < 1.29 is 22.8 Å². The molecule has 1 aliphatic heterocycles. The number of alkyl halides is 3. The number of hydrogen-bond donors (Lipinski definition) is 2. The maximum atomic E-state index is 12.7. The minimum Gasteiger partial charge on any atom is -0.369 e. The molecule has 3 N–H and O–H groups in total. The summed E-state index contributed by atoms with van der Waals surface area (Å²) in [4.78, 5) is 27.3. The lowest BCUT2D eigenvalue weighted by Crippen LogP contribution is -2.48. The Morgan fingerprint density at radius 2 is 1.55 bits per heavy atom. The molecule has 0 radical (unpaired) electrons. The standard InChI is InChI=1S/C22H25F3N4O2/c23-22(24,25)17-4-8-19(9-5-17)29-13-11-28(12-14-29)15-20(30)10-3-16-1-6-18(7-2-16)27-21(26)31/h1-2,4-9H,3,10-15H2,(H3,26,27,31). The van der Waals surface area contributed by atoms with E-state index in [1.165, 1.54) is 12.1 Å². The van der Waals surface area contributed by atoms with Gasteiger partial charge in [0, 0.05) is 44.0 Å². The number of benzene rings is 2. The number of amides is 2. The van der Waals surface area contributed by atoms with Crippen molar-refractivity contribution in [2.24, 2.45) is 5.73 Å². The molecule has 0 atom stereocenters. The highest BCUT2D eigenvalue weighted by molar-refractivity contribution is 5.87. The van der Waals surface area contributed by atoms with Gasteiger partial charge < -0.3 is 16.0 Å². The van der Waals surface area contributed by atoms with Gasteiger partial charge in [-0.1, -0.05) is 12.1 Å². The van der Waals surface area contributed by atoms with E-state index < -0.39 is 17.8 Å². The van der Waals surface area contributed by atoms with E-state index in [0.717, 1.165) is 23.4 Å². The van der Waals surface area contributed by atoms with Crippen LogP contribution in [0, 0.1) is 0 Å². The second-order valence-electron chi connectivity index (χ2n) is 7.53. The Morgan fingerprint density at radius 1 is 0.935 bits per heavy atom. The normalized spacial score (nSPS) is 15.0. The molecule has 2 amide bonds. The number of nitrogens with one attached hydrogen (secondary N) is 1. The van der Waals surface area contributed by atoms with Crippen molar-refractivity contribution in [1.29, 1.82) is 0 Å². The van der Waals surface area contributed by atoms with E-state index in [9.17, 15) is 22.8 Å². The van der Waals surface area contributed by atoms with Crippen LogP contribution in [0.1, 0.15) is 17.5 Å². The number of urea groups is 1. The van der Waals surface area contributed by atoms with Crippen molar-refractivity contribution in [1.82, 2.24) is 4.90 Å². The van der Waals surface area contributed by atoms with E-state index in [1.807, 2.05) is 17.0 Å². The number of piperazine rings is 1. The van der Waals surface area contributed by atoms with Gasteiger partial charge in [-0.2, -0.15) is 13.2 Å². The third-order valence-corrected chi connectivity index (χ3v) is 5.25. The zero-order valence-corrected chi connectivity index (χ0v) is 17.0. The molecule has 166 valence electrons. The van der Waals surface area contributed by atoms with Crippen LogP contribution in [0.3, 0.4) is 0 Å². The van der Waals surface area contributed by atoms with Gasteiger partial charge in [0.15, 0.2) is 0 Å². The van der Waals surface area contributed by atoms with Gasteiger partial charge in [0.05, 0.1) is 12.1 Å². The maximum Gasteiger partial charge on any atom is 0.416 e. The second kappa shape index (κ2) is 9.82. The molecule has 2 aromatic rings. The molecular weight excluding hydrogens is 409 g/mol. The number of aryl methyl sites for hydroxylation is 1. The van der Waals surface area contributed by atoms with Crippen molar-refractivity contribution >= 4 is 23.2 Å². The molecular formula is C22H25F3N4O2. The average molecular weight is 434 g/mol. The molecule has 1 saturated heterocycles. The van der Waals surface area contributed by atoms with Crippen molar-refractivity contribution in [3.8, 4) is 0 Å². The van der Waals surface area contributed by atoms with Gasteiger partial charge in [-0.3, -0.25) is 9.69 Å². The number of primary amides is 1. The number of hydrogen-bond acceptors (Lipinski definition) is 4. The summed E-state index contributed by atoms with van der Waals surface area (Å²) < 4.78 is 38.1. The zero-order chi connectivity index (χ0) is 22.4. The van der Waals surface area contributed by atoms with Gasteiger partial charge in [0.25, 0.3) is 0 Å². The fourth-order valence-corrected chi connectivity index (χ4v) is 3.53. The van der Waals surface area contributed by atoms with Crippen molar-refractivity contribution in [3.63, 3.8) is 0 Å². The van der Waals surface area contributed by atoms with Crippen molar-refractivity contribution in [3.05, 3.63) is 59.7 Å². The fourth-order valence-electron chi connectivity index (χ4n) is 3.53. The molecule has 0 aliphatic carbocycles. The van der Waals surface area contributed by atoms with Crippen LogP contribution in [-0.4, -0.2) is 49.4 Å². The summed E-state index contributed by atoms with van der Waals surface area (Å²) in [7, 11) is 0. The van der Waals surface area contributed by atoms with Crippen LogP contribution >= 0.6 is 0 Å². The van der Waals surface area contributed by atoms with Gasteiger partial charge in [-0.05, 0) is 48.4 Å². The first-order chi connectivity index (χ1) is 14.7. The molecule has 9 heteroatoms. The second-order valence-corrected chi connectivity index (χ2v) is 7.53. The molecule has 0 bridgehead atoms. The first kappa shape index (κ1) is 22.6. The third kappa shape index (κ3) is 6.71. The highest BCUT2D eigenvalue weighted by atomic mass is 19.4. The van der Waals surface area contributed by atoms with E-state index >= 15 is 0 Å². The summed E-state index contributed by atoms with van der Waals surface area (Å²) in [5, 5.41) is 2.49. The number of carbonyl (C=O) groups is 2. The lowest BCUT2D eigenvalue weighted by atomic mass is 10.1. The van der Waals surface area contributed by atoms with Gasteiger partial charge in [0.1, 0.15) is 5.78 Å². The fraction of sp³-hybridized carbons (Fsp3) is 0.364. The van der Waals surface area contributed by atoms with E-state index in [0.29, 0.717) is 51.3 Å². The summed E-state index contributed by atoms with van der Waals surface area (Å²) in [6.07, 6.45) is -3.30. The first-order valence-electron chi connectivity index (χ1n) is 10.0. The molecule has 0 aromatic heterocycles. The smallest absolute Gasteiger partial charge is 0.369 e. The predicted molar refractivity (Wildman–Crippen MR) is 113 cm³/mol. The molecule has 3 rings (SSSR count). The number of rotatable bonds is 7. The molecule has 1 fully saturated rings. The van der Waals surface area contributed by atoms with Gasteiger partial charge in [-0.15, -0.1) is 0 Å². The monoisotopic (exact) mass is 434 g/mol. The van der Waals surface area contributed by atoms with Crippen LogP contribution in [0.5, 0.6) is 0 Å². The molecule has 0 saturated carbocycles. The number of anilines is 2. The molecule has 31 heavy (non-hydrogen) atoms. The number of nitrogens with zero attached hydrogens (tertiary/aromatic N) is 2. The summed E-state index contributed by atoms with van der Waals surface area (Å²) in [6, 6.07) is 11.7. The van der Waals surface area contributed by atoms with E-state index in [2.05, 4.69) is 10.2 Å². The minimum absolute atomic E-state index is 0.141. The van der Waals surface area contributed by atoms with Crippen LogP contribution in [0.4, 0.5) is 29.3 Å². The summed E-state index contributed by atoms with van der Waals surface area (Å²) >= 11 is 0. The molecule has 0 unspecified atom stereocenters. The van der Waals surface area contributed by atoms with E-state index in [4.69, 9.17) is 5.73 Å². The highest BCUT2D eigenvalue weighted by Crippen LogP contribution is 2.30. The Labute approximate surface area is 178 Å². The maximum absolute atomic E-state index is 12.7. The Kier molecular flexibility index (Phi) is 7.17. The molecule has 1 heterocycles. The molecule has 2 aromatic carbocycles. The highest BCUT2D eigenvalue weighted by Gasteiger charge is 2.30. The quantitative estimate of drug-likeness (QED) is 0.699. The summed E-state index contributed by atoms with van der Waals surface area (Å²) in [5.41, 5.74) is 6.77. The largest absolute Gasteiger partial charge is 0.416 e. The third-order valence-electron chi connectivity index (χ3n) is 5.25.